The van der Waals surface area contributed by atoms with E-state index in [-0.39, 0.29) is 38.2 Å². The first kappa shape index (κ1) is 65.4. The summed E-state index contributed by atoms with van der Waals surface area (Å²) in [6, 6.07) is -0.627. The fourth-order valence-electron chi connectivity index (χ4n) is 8.93. The van der Waals surface area contributed by atoms with Crippen molar-refractivity contribution in [3.63, 3.8) is 0 Å². The first-order valence-corrected chi connectivity index (χ1v) is 29.7. The third-order valence-electron chi connectivity index (χ3n) is 13.7. The van der Waals surface area contributed by atoms with Crippen LogP contribution in [0.3, 0.4) is 0 Å². The van der Waals surface area contributed by atoms with Gasteiger partial charge in [0.15, 0.2) is 12.1 Å². The molecule has 0 aromatic carbocycles. The molecule has 1 amide bonds. The van der Waals surface area contributed by atoms with Crippen LogP contribution in [0.4, 0.5) is 4.79 Å². The summed E-state index contributed by atoms with van der Waals surface area (Å²) in [5, 5.41) is 112. The van der Waals surface area contributed by atoms with Gasteiger partial charge in [-0.25, -0.2) is 4.79 Å². The topological polar surface area (TPSA) is 321 Å². The fraction of sp³-hybridized carbons (Fsp3) is 0.685. The average Bonchev–Trinajstić information content (AvgIpc) is 3.31. The first-order valence-electron chi connectivity index (χ1n) is 26.0. The number of aliphatic hydroxyl groups is 9. The number of carbonyl (C=O) groups is 3. The zero-order valence-corrected chi connectivity index (χ0v) is 45.7. The van der Waals surface area contributed by atoms with Crippen molar-refractivity contribution in [1.29, 1.82) is 0 Å². The lowest BCUT2D eigenvalue weighted by atomic mass is 9.82. The van der Waals surface area contributed by atoms with E-state index in [0.29, 0.717) is 6.04 Å². The molecule has 0 spiro atoms. The molecule has 20 nitrogen and oxygen atoms in total. The molecule has 2 fully saturated rings. The van der Waals surface area contributed by atoms with Crippen LogP contribution in [-0.4, -0.2) is 188 Å². The Morgan fingerprint density at radius 3 is 1.85 bits per heavy atom. The van der Waals surface area contributed by atoms with E-state index in [2.05, 4.69) is 25.0 Å². The van der Waals surface area contributed by atoms with Gasteiger partial charge in [-0.1, -0.05) is 119 Å². The van der Waals surface area contributed by atoms with Crippen LogP contribution in [0.25, 0.3) is 0 Å². The van der Waals surface area contributed by atoms with Gasteiger partial charge in [-0.2, -0.15) is 0 Å². The monoisotopic (exact) mass is 1080 g/mol. The normalized spacial score (nSPS) is 41.1. The van der Waals surface area contributed by atoms with E-state index in [1.165, 1.54) is 20.1 Å². The number of methoxy groups -OCH3 is 1. The highest BCUT2D eigenvalue weighted by Crippen LogP contribution is 2.40. The van der Waals surface area contributed by atoms with Crippen LogP contribution in [-0.2, 0) is 38.0 Å². The average molecular weight is 1080 g/mol. The molecule has 19 atom stereocenters. The first-order chi connectivity index (χ1) is 35.3. The Kier molecular flexibility index (Phi) is 28.0. The van der Waals surface area contributed by atoms with Crippen molar-refractivity contribution in [2.75, 3.05) is 13.7 Å². The minimum Gasteiger partial charge on any atom is -0.481 e. The molecule has 3 heterocycles. The number of nitrogens with one attached hydrogen (secondary N) is 1. The number of rotatable bonds is 8. The van der Waals surface area contributed by atoms with Crippen LogP contribution in [0.1, 0.15) is 79.1 Å². The number of aliphatic carboxylic acids is 1. The lowest BCUT2D eigenvalue weighted by molar-refractivity contribution is -0.317. The van der Waals surface area contributed by atoms with E-state index in [4.69, 9.17) is 28.4 Å². The van der Waals surface area contributed by atoms with Crippen molar-refractivity contribution in [2.45, 2.75) is 202 Å². The van der Waals surface area contributed by atoms with E-state index in [9.17, 15) is 65.4 Å². The van der Waals surface area contributed by atoms with Crippen LogP contribution in [0, 0.1) is 17.8 Å². The van der Waals surface area contributed by atoms with Crippen molar-refractivity contribution in [3.05, 3.63) is 85.1 Å². The number of carboxylic acids is 1. The summed E-state index contributed by atoms with van der Waals surface area (Å²) >= 11 is 0. The van der Waals surface area contributed by atoms with Crippen LogP contribution >= 0.6 is 0 Å². The number of cyclic esters (lactones) is 1. The molecular weight excluding hydrogens is 995 g/mol. The van der Waals surface area contributed by atoms with E-state index < -0.39 is 161 Å². The van der Waals surface area contributed by atoms with Gasteiger partial charge >= 0.3 is 18.0 Å². The lowest BCUT2D eigenvalue weighted by Crippen LogP contribution is -2.64. The molecule has 3 aliphatic rings. The summed E-state index contributed by atoms with van der Waals surface area (Å²) in [5.41, 5.74) is 0. The summed E-state index contributed by atoms with van der Waals surface area (Å²) in [6.07, 6.45) is 2.83. The van der Waals surface area contributed by atoms with Gasteiger partial charge in [0, 0.05) is 52.7 Å². The molecule has 0 aromatic heterocycles. The molecule has 0 saturated carbocycles. The lowest BCUT2D eigenvalue weighted by Gasteiger charge is -2.47. The molecule has 426 valence electrons. The van der Waals surface area contributed by atoms with Crippen LogP contribution in [0.15, 0.2) is 85.1 Å². The summed E-state index contributed by atoms with van der Waals surface area (Å²) in [5.74, 6) is -6.30. The summed E-state index contributed by atoms with van der Waals surface area (Å²) in [4.78, 5) is 38.3. The minimum atomic E-state index is -1.84. The van der Waals surface area contributed by atoms with Gasteiger partial charge in [-0.05, 0) is 39.2 Å². The molecule has 21 heteroatoms. The molecule has 2 bridgehead atoms. The molecule has 75 heavy (non-hydrogen) atoms. The second-order valence-corrected chi connectivity index (χ2v) is 26.9. The predicted molar refractivity (Wildman–Crippen MR) is 280 cm³/mol. The van der Waals surface area contributed by atoms with Crippen molar-refractivity contribution in [3.8, 4) is 0 Å². The van der Waals surface area contributed by atoms with Crippen molar-refractivity contribution in [2.24, 2.45) is 17.8 Å². The predicted octanol–water partition coefficient (Wildman–Crippen LogP) is 3.47. The number of allylic oxidation sites excluding steroid dienone is 12. The van der Waals surface area contributed by atoms with E-state index in [1.54, 1.807) is 74.6 Å². The number of hydrogen-bond acceptors (Lipinski definition) is 18. The quantitative estimate of drug-likeness (QED) is 0.122. The highest BCUT2D eigenvalue weighted by Gasteiger charge is 2.52. The number of fused-ring (bicyclic) bond motifs is 2. The summed E-state index contributed by atoms with van der Waals surface area (Å²) in [7, 11) is -0.324. The zero-order valence-electron chi connectivity index (χ0n) is 44.7. The number of alkyl carbamates (subject to hydrolysis) is 1. The summed E-state index contributed by atoms with van der Waals surface area (Å²) in [6.45, 7) is 13.2. The molecule has 0 unspecified atom stereocenters. The van der Waals surface area contributed by atoms with Crippen molar-refractivity contribution >= 4 is 26.1 Å². The zero-order chi connectivity index (χ0) is 56.0. The molecule has 0 aliphatic carbocycles. The standard InChI is InChI=1S/C54H87NO19Si/c1-33-21-19-17-15-13-11-9-10-12-14-16-18-20-22-40(73-52-50(65)47(49(64)36(4)72-52)55-53(68)70-25-26-75(6,7)8)30-44-46(51(66)67)43(61)32-54(69-5,74-44)31-39(58)28-42(60)41(59)24-23-37(56)27-38(57)29-45(62)71-35(3)34(2)48(33)63/h9-22,33-44,46-50,52,56-61,63-65H,23-32H2,1-8H3,(H,55,68)(H,66,67)/b10-9+,13-11+,14-12+,17-15+,18-16+,21-19+,22-20+/t33-,34-,35-,36+,37+,38+,39-,40-,41+,42+,43-,44-,46+,47-,48+,49+,50-,52-,54+/m0/s1. The van der Waals surface area contributed by atoms with Crippen LogP contribution in [0.2, 0.25) is 25.7 Å². The Morgan fingerprint density at radius 2 is 1.28 bits per heavy atom. The van der Waals surface area contributed by atoms with Gasteiger partial charge in [0.2, 0.25) is 0 Å². The molecule has 3 rings (SSSR count). The van der Waals surface area contributed by atoms with E-state index in [1.807, 2.05) is 25.2 Å². The maximum absolute atomic E-state index is 12.9. The second kappa shape index (κ2) is 32.1. The Labute approximate surface area is 442 Å². The van der Waals surface area contributed by atoms with Crippen LogP contribution in [0.5, 0.6) is 0 Å². The molecule has 0 aromatic rings. The Balaban J connectivity index is 1.94. The van der Waals surface area contributed by atoms with Gasteiger partial charge in [0.25, 0.3) is 0 Å². The third kappa shape index (κ3) is 22.9. The molecule has 0 radical (unpaired) electrons. The number of esters is 1. The van der Waals surface area contributed by atoms with Gasteiger partial charge in [0.1, 0.15) is 24.2 Å². The summed E-state index contributed by atoms with van der Waals surface area (Å²) < 4.78 is 35.2. The Hall–Kier alpha value is -3.91. The van der Waals surface area contributed by atoms with Crippen molar-refractivity contribution < 1.29 is 93.9 Å². The second-order valence-electron chi connectivity index (χ2n) is 21.3. The van der Waals surface area contributed by atoms with Crippen molar-refractivity contribution in [1.82, 2.24) is 5.32 Å². The minimum absolute atomic E-state index is 0.0985. The third-order valence-corrected chi connectivity index (χ3v) is 15.4. The smallest absolute Gasteiger partial charge is 0.407 e. The molecule has 11 N–H and O–H groups in total. The van der Waals surface area contributed by atoms with Gasteiger partial charge < -0.3 is 84.8 Å². The fourth-order valence-corrected chi connectivity index (χ4v) is 9.64. The number of amides is 1. The number of hydrogen-bond donors (Lipinski definition) is 11. The molecule has 2 saturated heterocycles. The SMILES string of the molecule is CO[C@]12C[C@@H](O)C[C@@H](O)[C@H](O)CC[C@@H](O)C[C@@H](O)CC(=O)O[C@@H](C)[C@H](C)[C@H](O)[C@@H](C)/C=C/C=C/C=C/C=C/C=C/C=C/C=C/[C@H](O[C@@H]3O[C@H](C)[C@@H](O)[C@H](NC(=O)OCC[Si](C)(C)C)[C@@H]3O)C[C@H](O1)[C@H](C(=O)O)[C@@H](O)C2. The van der Waals surface area contributed by atoms with Gasteiger partial charge in [0.05, 0.1) is 80.1 Å². The Morgan fingerprint density at radius 1 is 0.693 bits per heavy atom. The number of aliphatic hydroxyl groups excluding tert-OH is 9. The maximum atomic E-state index is 12.9. The largest absolute Gasteiger partial charge is 0.481 e. The Bertz CT molecular complexity index is 1950. The van der Waals surface area contributed by atoms with Crippen LogP contribution < -0.4 is 5.32 Å². The van der Waals surface area contributed by atoms with Gasteiger partial charge in [-0.15, -0.1) is 0 Å². The number of carboxylic acid groups (broad SMARTS) is 1. The highest BCUT2D eigenvalue weighted by molar-refractivity contribution is 6.76. The molecule has 3 aliphatic heterocycles. The van der Waals surface area contributed by atoms with E-state index >= 15 is 0 Å². The van der Waals surface area contributed by atoms with E-state index in [0.717, 1.165) is 0 Å². The molecular formula is C54H87NO19Si. The van der Waals surface area contributed by atoms with Gasteiger partial charge in [-0.3, -0.25) is 9.59 Å². The maximum Gasteiger partial charge on any atom is 0.407 e. The number of carbonyl (C=O) groups excluding carboxylic acids is 2. The highest BCUT2D eigenvalue weighted by atomic mass is 28.3. The number of ether oxygens (including phenoxy) is 6.